The summed E-state index contributed by atoms with van der Waals surface area (Å²) >= 11 is 7.84. The van der Waals surface area contributed by atoms with E-state index in [9.17, 15) is 9.59 Å². The number of methoxy groups -OCH3 is 1. The van der Waals surface area contributed by atoms with Gasteiger partial charge < -0.3 is 9.47 Å². The normalized spacial score (nSPS) is 15.8. The van der Waals surface area contributed by atoms with Crippen LogP contribution in [-0.2, 0) is 14.3 Å². The van der Waals surface area contributed by atoms with Crippen molar-refractivity contribution < 1.29 is 14.3 Å². The second kappa shape index (κ2) is 10.7. The van der Waals surface area contributed by atoms with Crippen molar-refractivity contribution in [1.29, 1.82) is 0 Å². The number of benzene rings is 2. The Labute approximate surface area is 212 Å². The van der Waals surface area contributed by atoms with E-state index in [0.29, 0.717) is 31.5 Å². The number of aromatic nitrogens is 1. The van der Waals surface area contributed by atoms with Crippen molar-refractivity contribution in [2.45, 2.75) is 32.7 Å². The second-order valence-electron chi connectivity index (χ2n) is 8.55. The highest BCUT2D eigenvalue weighted by atomic mass is 35.5. The van der Waals surface area contributed by atoms with Gasteiger partial charge in [0, 0.05) is 12.1 Å². The molecular weight excluding hydrogens is 484 g/mol. The Bertz CT molecular complexity index is 1450. The Morgan fingerprint density at radius 3 is 2.54 bits per heavy atom. The van der Waals surface area contributed by atoms with E-state index in [0.717, 1.165) is 5.56 Å². The third-order valence-electron chi connectivity index (χ3n) is 5.86. The number of esters is 1. The lowest BCUT2D eigenvalue weighted by Crippen LogP contribution is -2.40. The van der Waals surface area contributed by atoms with Gasteiger partial charge in [-0.1, -0.05) is 79.2 Å². The minimum atomic E-state index is -0.750. The third-order valence-corrected chi connectivity index (χ3v) is 7.19. The Hall–Kier alpha value is -3.00. The summed E-state index contributed by atoms with van der Waals surface area (Å²) in [4.78, 5) is 31.9. The monoisotopic (exact) mass is 510 g/mol. The van der Waals surface area contributed by atoms with Crippen LogP contribution in [0.3, 0.4) is 0 Å². The fraction of sp³-hybridized carbons (Fsp3) is 0.296. The van der Waals surface area contributed by atoms with Gasteiger partial charge in [-0.05, 0) is 41.7 Å². The molecule has 0 saturated carbocycles. The maximum absolute atomic E-state index is 13.7. The molecule has 0 unspecified atom stereocenters. The van der Waals surface area contributed by atoms with E-state index in [1.54, 1.807) is 17.6 Å². The molecule has 6 nitrogen and oxygen atoms in total. The number of allylic oxidation sites excluding steroid dienone is 1. The largest absolute Gasteiger partial charge is 0.460 e. The van der Waals surface area contributed by atoms with Crippen LogP contribution in [0.25, 0.3) is 6.08 Å². The number of carbonyl (C=O) groups is 1. The van der Waals surface area contributed by atoms with Crippen LogP contribution in [0, 0.1) is 0 Å². The number of rotatable bonds is 7. The molecular formula is C27H27ClN2O4S. The molecule has 0 aliphatic carbocycles. The number of thiazole rings is 1. The maximum Gasteiger partial charge on any atom is 0.338 e. The molecule has 3 aromatic rings. The number of carbonyl (C=O) groups excluding carboxylic acids is 1. The van der Waals surface area contributed by atoms with E-state index < -0.39 is 12.0 Å². The lowest BCUT2D eigenvalue weighted by molar-refractivity contribution is -0.140. The molecule has 4 rings (SSSR count). The molecule has 0 spiro atoms. The van der Waals surface area contributed by atoms with Crippen LogP contribution in [0.1, 0.15) is 49.4 Å². The number of hydrogen-bond acceptors (Lipinski definition) is 6. The number of ether oxygens (including phenoxy) is 2. The SMILES string of the molecule is COCCOC(=O)C1=C(C)N=c2s/c(=C\c3ccc(C(C)C)cc3)c(=O)n2[C@@H]1c1ccccc1Cl. The average molecular weight is 511 g/mol. The lowest BCUT2D eigenvalue weighted by Gasteiger charge is -2.25. The molecule has 0 fully saturated rings. The molecule has 182 valence electrons. The van der Waals surface area contributed by atoms with Gasteiger partial charge in [-0.3, -0.25) is 9.36 Å². The minimum absolute atomic E-state index is 0.0954. The van der Waals surface area contributed by atoms with Crippen molar-refractivity contribution in [2.24, 2.45) is 4.99 Å². The Kier molecular flexibility index (Phi) is 7.69. The van der Waals surface area contributed by atoms with Gasteiger partial charge in [-0.2, -0.15) is 0 Å². The molecule has 0 saturated heterocycles. The Balaban J connectivity index is 1.86. The van der Waals surface area contributed by atoms with E-state index in [-0.39, 0.29) is 24.3 Å². The predicted molar refractivity (Wildman–Crippen MR) is 139 cm³/mol. The molecule has 35 heavy (non-hydrogen) atoms. The first-order valence-electron chi connectivity index (χ1n) is 11.3. The summed E-state index contributed by atoms with van der Waals surface area (Å²) in [7, 11) is 1.53. The molecule has 1 aliphatic rings. The topological polar surface area (TPSA) is 69.9 Å². The van der Waals surface area contributed by atoms with Gasteiger partial charge in [-0.15, -0.1) is 0 Å². The van der Waals surface area contributed by atoms with Crippen LogP contribution in [0.4, 0.5) is 0 Å². The van der Waals surface area contributed by atoms with Crippen LogP contribution in [0.2, 0.25) is 5.02 Å². The van der Waals surface area contributed by atoms with Crippen molar-refractivity contribution in [3.63, 3.8) is 0 Å². The van der Waals surface area contributed by atoms with Crippen LogP contribution in [0.5, 0.6) is 0 Å². The summed E-state index contributed by atoms with van der Waals surface area (Å²) < 4.78 is 12.5. The first-order chi connectivity index (χ1) is 16.8. The van der Waals surface area contributed by atoms with Crippen molar-refractivity contribution in [3.8, 4) is 0 Å². The van der Waals surface area contributed by atoms with Gasteiger partial charge in [0.25, 0.3) is 5.56 Å². The molecule has 1 aromatic heterocycles. The van der Waals surface area contributed by atoms with Gasteiger partial charge in [0.05, 0.1) is 22.4 Å². The smallest absolute Gasteiger partial charge is 0.338 e. The quantitative estimate of drug-likeness (QED) is 0.353. The highest BCUT2D eigenvalue weighted by Crippen LogP contribution is 2.34. The average Bonchev–Trinajstić information content (AvgIpc) is 3.13. The van der Waals surface area contributed by atoms with Gasteiger partial charge >= 0.3 is 5.97 Å². The van der Waals surface area contributed by atoms with Gasteiger partial charge in [0.15, 0.2) is 4.80 Å². The molecule has 2 heterocycles. The fourth-order valence-electron chi connectivity index (χ4n) is 4.00. The van der Waals surface area contributed by atoms with Crippen molar-refractivity contribution in [2.75, 3.05) is 20.3 Å². The molecule has 1 atom stereocenters. The Morgan fingerprint density at radius 1 is 1.17 bits per heavy atom. The first-order valence-corrected chi connectivity index (χ1v) is 12.5. The van der Waals surface area contributed by atoms with E-state index in [2.05, 4.69) is 31.0 Å². The van der Waals surface area contributed by atoms with Crippen LogP contribution in [-0.4, -0.2) is 30.9 Å². The summed E-state index contributed by atoms with van der Waals surface area (Å²) in [6.07, 6.45) is 1.85. The first kappa shape index (κ1) is 25.1. The number of fused-ring (bicyclic) bond motifs is 1. The summed E-state index contributed by atoms with van der Waals surface area (Å²) in [6, 6.07) is 14.6. The molecule has 2 aromatic carbocycles. The van der Waals surface area contributed by atoms with Crippen molar-refractivity contribution >= 4 is 35.0 Å². The van der Waals surface area contributed by atoms with Crippen LogP contribution < -0.4 is 14.9 Å². The fourth-order valence-corrected chi connectivity index (χ4v) is 5.28. The predicted octanol–water partition coefficient (Wildman–Crippen LogP) is 4.20. The van der Waals surface area contributed by atoms with Gasteiger partial charge in [-0.25, -0.2) is 9.79 Å². The molecule has 1 aliphatic heterocycles. The standard InChI is InChI=1S/C27H27ClN2O4S/c1-16(2)19-11-9-18(10-12-19)15-22-25(31)30-24(20-7-5-6-8-21(20)28)23(17(3)29-27(30)35-22)26(32)34-14-13-33-4/h5-12,15-16,24H,13-14H2,1-4H3/b22-15-/t24-/m1/s1. The number of nitrogens with zero attached hydrogens (tertiary/aromatic N) is 2. The number of halogens is 1. The van der Waals surface area contributed by atoms with Crippen LogP contribution in [0.15, 0.2) is 69.6 Å². The zero-order valence-corrected chi connectivity index (χ0v) is 21.7. The van der Waals surface area contributed by atoms with Crippen LogP contribution >= 0.6 is 22.9 Å². The summed E-state index contributed by atoms with van der Waals surface area (Å²) in [5.41, 5.74) is 3.33. The Morgan fingerprint density at radius 2 is 1.89 bits per heavy atom. The van der Waals surface area contributed by atoms with E-state index in [1.165, 1.54) is 24.0 Å². The third kappa shape index (κ3) is 5.17. The summed E-state index contributed by atoms with van der Waals surface area (Å²) in [6.45, 7) is 6.39. The minimum Gasteiger partial charge on any atom is -0.460 e. The van der Waals surface area contributed by atoms with Crippen molar-refractivity contribution in [3.05, 3.63) is 101 Å². The van der Waals surface area contributed by atoms with Gasteiger partial charge in [0.2, 0.25) is 0 Å². The van der Waals surface area contributed by atoms with E-state index >= 15 is 0 Å². The highest BCUT2D eigenvalue weighted by Gasteiger charge is 2.34. The zero-order chi connectivity index (χ0) is 25.1. The molecule has 0 radical (unpaired) electrons. The van der Waals surface area contributed by atoms with E-state index in [1.807, 2.05) is 36.4 Å². The van der Waals surface area contributed by atoms with E-state index in [4.69, 9.17) is 21.1 Å². The van der Waals surface area contributed by atoms with Crippen molar-refractivity contribution in [1.82, 2.24) is 4.57 Å². The van der Waals surface area contributed by atoms with Gasteiger partial charge in [0.1, 0.15) is 12.6 Å². The summed E-state index contributed by atoms with van der Waals surface area (Å²) in [5.74, 6) is -0.123. The second-order valence-corrected chi connectivity index (χ2v) is 9.97. The lowest BCUT2D eigenvalue weighted by atomic mass is 9.96. The molecule has 0 N–H and O–H groups in total. The highest BCUT2D eigenvalue weighted by molar-refractivity contribution is 7.07. The molecule has 0 amide bonds. The molecule has 8 heteroatoms. The summed E-state index contributed by atoms with van der Waals surface area (Å²) in [5, 5.41) is 0.452. The maximum atomic E-state index is 13.7. The molecule has 0 bridgehead atoms. The number of hydrogen-bond donors (Lipinski definition) is 0. The zero-order valence-electron chi connectivity index (χ0n) is 20.1.